The van der Waals surface area contributed by atoms with Crippen molar-refractivity contribution in [2.75, 3.05) is 24.6 Å². The number of carbonyl (C=O) groups is 1. The first kappa shape index (κ1) is 11.8. The molecule has 0 aromatic carbocycles. The zero-order valence-corrected chi connectivity index (χ0v) is 9.88. The van der Waals surface area contributed by atoms with Crippen LogP contribution in [0.4, 0.5) is 5.82 Å². The van der Waals surface area contributed by atoms with Crippen molar-refractivity contribution in [1.82, 2.24) is 9.97 Å². The summed E-state index contributed by atoms with van der Waals surface area (Å²) < 4.78 is 5.32. The van der Waals surface area contributed by atoms with Crippen LogP contribution in [0.5, 0.6) is 0 Å². The summed E-state index contributed by atoms with van der Waals surface area (Å²) in [5.74, 6) is -0.0866. The number of hydrogen-bond donors (Lipinski definition) is 1. The number of hydrogen-bond acceptors (Lipinski definition) is 5. The van der Waals surface area contributed by atoms with Crippen LogP contribution >= 0.6 is 0 Å². The van der Waals surface area contributed by atoms with E-state index < -0.39 is 11.6 Å². The molecular weight excluding hydrogens is 222 g/mol. The van der Waals surface area contributed by atoms with E-state index in [2.05, 4.69) is 9.97 Å². The van der Waals surface area contributed by atoms with Crippen molar-refractivity contribution in [2.45, 2.75) is 19.4 Å². The van der Waals surface area contributed by atoms with Crippen molar-refractivity contribution >= 4 is 11.8 Å². The second-order valence-electron chi connectivity index (χ2n) is 4.51. The summed E-state index contributed by atoms with van der Waals surface area (Å²) >= 11 is 0. The molecule has 2 heterocycles. The van der Waals surface area contributed by atoms with Crippen LogP contribution in [0.1, 0.15) is 12.6 Å². The third kappa shape index (κ3) is 2.71. The van der Waals surface area contributed by atoms with Gasteiger partial charge in [0.25, 0.3) is 0 Å². The van der Waals surface area contributed by atoms with Crippen LogP contribution in [0.15, 0.2) is 12.4 Å². The van der Waals surface area contributed by atoms with Gasteiger partial charge < -0.3 is 14.7 Å². The molecule has 1 aliphatic rings. The Kier molecular flexibility index (Phi) is 2.97. The second-order valence-corrected chi connectivity index (χ2v) is 4.51. The Morgan fingerprint density at radius 2 is 2.29 bits per heavy atom. The maximum atomic E-state index is 10.4. The lowest BCUT2D eigenvalue weighted by atomic mass is 9.96. The summed E-state index contributed by atoms with van der Waals surface area (Å²) in [5, 5.41) is 8.56. The minimum absolute atomic E-state index is 0.257. The minimum atomic E-state index is -0.942. The molecule has 92 valence electrons. The van der Waals surface area contributed by atoms with Gasteiger partial charge in [-0.3, -0.25) is 0 Å². The Morgan fingerprint density at radius 1 is 1.59 bits per heavy atom. The molecule has 0 radical (unpaired) electrons. The number of aryl methyl sites for hydroxylation is 1. The molecule has 0 atom stereocenters. The summed E-state index contributed by atoms with van der Waals surface area (Å²) in [6.45, 7) is 4.85. The normalized spacial score (nSPS) is 17.6. The van der Waals surface area contributed by atoms with Gasteiger partial charge in [-0.2, -0.15) is 0 Å². The fourth-order valence-electron chi connectivity index (χ4n) is 1.86. The van der Waals surface area contributed by atoms with Crippen LogP contribution in [-0.4, -0.2) is 46.3 Å². The first-order chi connectivity index (χ1) is 7.98. The molecule has 0 unspecified atom stereocenters. The van der Waals surface area contributed by atoms with Gasteiger partial charge in [-0.25, -0.2) is 14.8 Å². The number of carboxylic acids is 1. The number of nitrogens with zero attached hydrogens (tertiary/aromatic N) is 3. The van der Waals surface area contributed by atoms with Crippen LogP contribution in [0.25, 0.3) is 0 Å². The van der Waals surface area contributed by atoms with Crippen LogP contribution in [-0.2, 0) is 9.53 Å². The summed E-state index contributed by atoms with van der Waals surface area (Å²) in [5.41, 5.74) is 0.520. The zero-order chi connectivity index (χ0) is 12.5. The summed E-state index contributed by atoms with van der Waals surface area (Å²) in [6, 6.07) is 1.90. The molecule has 6 nitrogen and oxygen atoms in total. The van der Waals surface area contributed by atoms with Gasteiger partial charge in [0.1, 0.15) is 24.4 Å². The molecule has 1 fully saturated rings. The largest absolute Gasteiger partial charge is 0.480 e. The Balaban J connectivity index is 1.91. The van der Waals surface area contributed by atoms with Crippen molar-refractivity contribution in [1.29, 1.82) is 0 Å². The summed E-state index contributed by atoms with van der Waals surface area (Å²) in [4.78, 5) is 20.7. The molecule has 1 aromatic heterocycles. The van der Waals surface area contributed by atoms with E-state index in [-0.39, 0.29) is 6.61 Å². The molecule has 17 heavy (non-hydrogen) atoms. The minimum Gasteiger partial charge on any atom is -0.480 e. The van der Waals surface area contributed by atoms with E-state index in [1.165, 1.54) is 6.33 Å². The van der Waals surface area contributed by atoms with E-state index in [0.29, 0.717) is 13.1 Å². The molecule has 1 saturated heterocycles. The highest BCUT2D eigenvalue weighted by atomic mass is 16.5. The highest BCUT2D eigenvalue weighted by molar-refractivity contribution is 5.68. The van der Waals surface area contributed by atoms with Crippen molar-refractivity contribution < 1.29 is 14.6 Å². The molecule has 0 amide bonds. The molecule has 0 saturated carbocycles. The monoisotopic (exact) mass is 237 g/mol. The molecule has 0 bridgehead atoms. The predicted octanol–water partition coefficient (Wildman–Crippen LogP) is 0.465. The zero-order valence-electron chi connectivity index (χ0n) is 9.88. The number of ether oxygens (including phenoxy) is 1. The lowest BCUT2D eigenvalue weighted by Gasteiger charge is -2.47. The smallest absolute Gasteiger partial charge is 0.329 e. The van der Waals surface area contributed by atoms with Crippen molar-refractivity contribution in [3.63, 3.8) is 0 Å². The number of rotatable bonds is 4. The van der Waals surface area contributed by atoms with E-state index in [1.807, 2.05) is 24.8 Å². The number of carboxylic acid groups (broad SMARTS) is 1. The van der Waals surface area contributed by atoms with E-state index in [4.69, 9.17) is 9.84 Å². The standard InChI is InChI=1S/C11H15N3O3/c1-8-3-9(13-7-12-8)14-5-11(2,6-14)17-4-10(15)16/h3,7H,4-6H2,1-2H3,(H,15,16). The molecule has 1 aliphatic heterocycles. The fourth-order valence-corrected chi connectivity index (χ4v) is 1.86. The van der Waals surface area contributed by atoms with Crippen molar-refractivity contribution in [2.24, 2.45) is 0 Å². The molecule has 1 N–H and O–H groups in total. The Morgan fingerprint density at radius 3 is 2.88 bits per heavy atom. The van der Waals surface area contributed by atoms with Gasteiger partial charge in [-0.15, -0.1) is 0 Å². The van der Waals surface area contributed by atoms with Gasteiger partial charge in [-0.1, -0.05) is 0 Å². The lowest BCUT2D eigenvalue weighted by molar-refractivity contribution is -0.150. The van der Waals surface area contributed by atoms with E-state index >= 15 is 0 Å². The van der Waals surface area contributed by atoms with Gasteiger partial charge in [0.15, 0.2) is 0 Å². The average molecular weight is 237 g/mol. The summed E-state index contributed by atoms with van der Waals surface area (Å²) in [6.07, 6.45) is 1.53. The Labute approximate surface area is 99.2 Å². The molecular formula is C11H15N3O3. The summed E-state index contributed by atoms with van der Waals surface area (Å²) in [7, 11) is 0. The van der Waals surface area contributed by atoms with Crippen molar-refractivity contribution in [3.8, 4) is 0 Å². The number of aromatic nitrogens is 2. The first-order valence-electron chi connectivity index (χ1n) is 5.38. The lowest BCUT2D eigenvalue weighted by Crippen LogP contribution is -2.62. The van der Waals surface area contributed by atoms with E-state index in [9.17, 15) is 4.79 Å². The molecule has 0 spiro atoms. The highest BCUT2D eigenvalue weighted by Crippen LogP contribution is 2.28. The number of aliphatic carboxylic acids is 1. The van der Waals surface area contributed by atoms with Gasteiger partial charge in [0.05, 0.1) is 0 Å². The maximum absolute atomic E-state index is 10.4. The Bertz CT molecular complexity index is 430. The number of anilines is 1. The van der Waals surface area contributed by atoms with E-state index in [1.54, 1.807) is 0 Å². The third-order valence-corrected chi connectivity index (χ3v) is 2.71. The van der Waals surface area contributed by atoms with Crippen molar-refractivity contribution in [3.05, 3.63) is 18.1 Å². The van der Waals surface area contributed by atoms with Gasteiger partial charge in [-0.05, 0) is 13.8 Å². The average Bonchev–Trinajstić information content (AvgIpc) is 2.22. The Hall–Kier alpha value is -1.69. The second kappa shape index (κ2) is 4.29. The molecule has 0 aliphatic carbocycles. The van der Waals surface area contributed by atoms with Gasteiger partial charge in [0, 0.05) is 24.8 Å². The fraction of sp³-hybridized carbons (Fsp3) is 0.545. The maximum Gasteiger partial charge on any atom is 0.329 e. The third-order valence-electron chi connectivity index (χ3n) is 2.71. The predicted molar refractivity (Wildman–Crippen MR) is 61.0 cm³/mol. The highest BCUT2D eigenvalue weighted by Gasteiger charge is 2.40. The van der Waals surface area contributed by atoms with Gasteiger partial charge >= 0.3 is 5.97 Å². The topological polar surface area (TPSA) is 75.5 Å². The first-order valence-corrected chi connectivity index (χ1v) is 5.38. The SMILES string of the molecule is Cc1cc(N2CC(C)(OCC(=O)O)C2)ncn1. The van der Waals surface area contributed by atoms with Crippen LogP contribution in [0.3, 0.4) is 0 Å². The van der Waals surface area contributed by atoms with Crippen LogP contribution < -0.4 is 4.90 Å². The van der Waals surface area contributed by atoms with E-state index in [0.717, 1.165) is 11.5 Å². The van der Waals surface area contributed by atoms with Gasteiger partial charge in [0.2, 0.25) is 0 Å². The molecule has 2 rings (SSSR count). The van der Waals surface area contributed by atoms with Crippen LogP contribution in [0.2, 0.25) is 0 Å². The van der Waals surface area contributed by atoms with Crippen LogP contribution in [0, 0.1) is 6.92 Å². The molecule has 1 aromatic rings. The quantitative estimate of drug-likeness (QED) is 0.820. The molecule has 6 heteroatoms.